The highest BCUT2D eigenvalue weighted by atomic mass is 16.7. The normalized spacial score (nSPS) is 13.2. The molecule has 2 aromatic carbocycles. The van der Waals surface area contributed by atoms with E-state index in [2.05, 4.69) is 10.3 Å². The third kappa shape index (κ3) is 9.00. The van der Waals surface area contributed by atoms with E-state index in [-0.39, 0.29) is 23.8 Å². The Kier molecular flexibility index (Phi) is 10.5. The van der Waals surface area contributed by atoms with Crippen LogP contribution in [0.25, 0.3) is 0 Å². The van der Waals surface area contributed by atoms with Gasteiger partial charge in [-0.15, -0.1) is 0 Å². The summed E-state index contributed by atoms with van der Waals surface area (Å²) in [7, 11) is 1.31. The van der Waals surface area contributed by atoms with E-state index in [0.29, 0.717) is 16.9 Å². The van der Waals surface area contributed by atoms with Gasteiger partial charge >= 0.3 is 12.1 Å². The van der Waals surface area contributed by atoms with E-state index in [0.717, 1.165) is 0 Å². The molecule has 11 nitrogen and oxygen atoms in total. The molecule has 0 aliphatic heterocycles. The molecular weight excluding hydrogens is 494 g/mol. The van der Waals surface area contributed by atoms with Gasteiger partial charge in [0, 0.05) is 23.8 Å². The first-order valence-electron chi connectivity index (χ1n) is 11.8. The zero-order chi connectivity index (χ0) is 28.5. The summed E-state index contributed by atoms with van der Waals surface area (Å²) in [6, 6.07) is 11.3. The quantitative estimate of drug-likeness (QED) is 0.156. The van der Waals surface area contributed by atoms with Gasteiger partial charge in [-0.2, -0.15) is 4.99 Å². The van der Waals surface area contributed by atoms with Gasteiger partial charge in [0.25, 0.3) is 12.2 Å². The van der Waals surface area contributed by atoms with Gasteiger partial charge < -0.3 is 30.0 Å². The molecule has 0 spiro atoms. The number of nitrogens with one attached hydrogen (secondary N) is 1. The van der Waals surface area contributed by atoms with Gasteiger partial charge in [0.05, 0.1) is 12.6 Å². The summed E-state index contributed by atoms with van der Waals surface area (Å²) in [5.74, 6) is -1.23. The van der Waals surface area contributed by atoms with E-state index in [9.17, 15) is 19.2 Å². The first kappa shape index (κ1) is 30.0. The van der Waals surface area contributed by atoms with Gasteiger partial charge in [0.15, 0.2) is 5.78 Å². The number of amidine groups is 1. The standard InChI is InChI=1S/C27H33N3O8/c1-7-36-24(33)25(35-6)37-20-14-12-17(13-15-20)21(31)16(2)29-23(32)19-10-8-18(9-11-19)22(28)30-26(34)38-27(3,4)5/h8-16,25H,7H2,1-6H3,(H,29,32)(H2,28,30,34). The largest absolute Gasteiger partial charge is 0.461 e. The van der Waals surface area contributed by atoms with Gasteiger partial charge in [-0.3, -0.25) is 9.59 Å². The van der Waals surface area contributed by atoms with Crippen LogP contribution in [0.1, 0.15) is 60.9 Å². The molecule has 204 valence electrons. The lowest BCUT2D eigenvalue weighted by molar-refractivity contribution is -0.172. The van der Waals surface area contributed by atoms with Crippen molar-refractivity contribution in [2.24, 2.45) is 10.7 Å². The molecule has 0 bridgehead atoms. The van der Waals surface area contributed by atoms with E-state index in [1.807, 2.05) is 0 Å². The summed E-state index contributed by atoms with van der Waals surface area (Å²) in [5, 5.41) is 2.65. The van der Waals surface area contributed by atoms with E-state index < -0.39 is 35.9 Å². The van der Waals surface area contributed by atoms with Crippen molar-refractivity contribution in [3.63, 3.8) is 0 Å². The Morgan fingerprint density at radius 2 is 1.50 bits per heavy atom. The number of rotatable bonds is 10. The average molecular weight is 528 g/mol. The van der Waals surface area contributed by atoms with Gasteiger partial charge in [-0.1, -0.05) is 12.1 Å². The second-order valence-electron chi connectivity index (χ2n) is 9.08. The molecule has 0 saturated carbocycles. The maximum atomic E-state index is 12.8. The topological polar surface area (TPSA) is 156 Å². The van der Waals surface area contributed by atoms with Crippen LogP contribution in [0, 0.1) is 0 Å². The highest BCUT2D eigenvalue weighted by Crippen LogP contribution is 2.16. The van der Waals surface area contributed by atoms with Crippen LogP contribution in [0.2, 0.25) is 0 Å². The van der Waals surface area contributed by atoms with E-state index >= 15 is 0 Å². The van der Waals surface area contributed by atoms with Crippen molar-refractivity contribution in [2.45, 2.75) is 52.6 Å². The zero-order valence-corrected chi connectivity index (χ0v) is 22.3. The molecule has 11 heteroatoms. The smallest absolute Gasteiger partial charge is 0.436 e. The number of ketones is 1. The lowest BCUT2D eigenvalue weighted by Crippen LogP contribution is -2.38. The first-order chi connectivity index (χ1) is 17.8. The molecule has 0 aliphatic rings. The maximum absolute atomic E-state index is 12.8. The number of aliphatic imine (C=N–C) groups is 1. The number of carbonyl (C=O) groups excluding carboxylic acids is 4. The van der Waals surface area contributed by atoms with Gasteiger partial charge in [-0.05, 0) is 71.0 Å². The number of amides is 2. The van der Waals surface area contributed by atoms with E-state index in [1.54, 1.807) is 34.6 Å². The molecule has 0 saturated heterocycles. The number of ether oxygens (including phenoxy) is 4. The number of Topliss-reactive ketones (excluding diaryl/α,β-unsaturated/α-hetero) is 1. The minimum absolute atomic E-state index is 0.0544. The molecule has 2 aromatic rings. The van der Waals surface area contributed by atoms with Crippen molar-refractivity contribution in [3.8, 4) is 5.75 Å². The predicted molar refractivity (Wildman–Crippen MR) is 139 cm³/mol. The highest BCUT2D eigenvalue weighted by Gasteiger charge is 2.22. The van der Waals surface area contributed by atoms with Crippen LogP contribution in [-0.2, 0) is 19.0 Å². The van der Waals surface area contributed by atoms with Crippen molar-refractivity contribution in [1.29, 1.82) is 0 Å². The molecule has 0 fully saturated rings. The summed E-state index contributed by atoms with van der Waals surface area (Å²) in [6.45, 7) is 8.55. The fraction of sp³-hybridized carbons (Fsp3) is 0.370. The number of hydrogen-bond acceptors (Lipinski definition) is 8. The number of nitrogens with zero attached hydrogens (tertiary/aromatic N) is 1. The lowest BCUT2D eigenvalue weighted by Gasteiger charge is -2.17. The van der Waals surface area contributed by atoms with Crippen LogP contribution >= 0.6 is 0 Å². The summed E-state index contributed by atoms with van der Waals surface area (Å²) in [5.41, 5.74) is 6.20. The average Bonchev–Trinajstić information content (AvgIpc) is 2.86. The summed E-state index contributed by atoms with van der Waals surface area (Å²) < 4.78 is 20.4. The summed E-state index contributed by atoms with van der Waals surface area (Å²) in [4.78, 5) is 52.8. The van der Waals surface area contributed by atoms with E-state index in [4.69, 9.17) is 24.7 Å². The Morgan fingerprint density at radius 1 is 0.947 bits per heavy atom. The molecule has 38 heavy (non-hydrogen) atoms. The Bertz CT molecular complexity index is 1170. The Balaban J connectivity index is 1.99. The third-order valence-electron chi connectivity index (χ3n) is 4.86. The summed E-state index contributed by atoms with van der Waals surface area (Å²) in [6.07, 6.45) is -2.05. The lowest BCUT2D eigenvalue weighted by atomic mass is 10.0. The van der Waals surface area contributed by atoms with Gasteiger partial charge in [-0.25, -0.2) is 9.59 Å². The number of benzene rings is 2. The third-order valence-corrected chi connectivity index (χ3v) is 4.86. The molecule has 2 rings (SSSR count). The van der Waals surface area contributed by atoms with Crippen molar-refractivity contribution in [3.05, 3.63) is 65.2 Å². The van der Waals surface area contributed by atoms with Crippen molar-refractivity contribution >= 4 is 29.6 Å². The molecule has 3 N–H and O–H groups in total. The number of hydrogen-bond donors (Lipinski definition) is 2. The molecule has 2 unspecified atom stereocenters. The van der Waals surface area contributed by atoms with Crippen LogP contribution < -0.4 is 15.8 Å². The number of esters is 1. The molecule has 0 aliphatic carbocycles. The molecule has 0 heterocycles. The highest BCUT2D eigenvalue weighted by molar-refractivity contribution is 6.05. The van der Waals surface area contributed by atoms with Crippen LogP contribution in [0.15, 0.2) is 53.5 Å². The van der Waals surface area contributed by atoms with Crippen LogP contribution in [0.4, 0.5) is 4.79 Å². The molecule has 0 radical (unpaired) electrons. The monoisotopic (exact) mass is 527 g/mol. The predicted octanol–water partition coefficient (Wildman–Crippen LogP) is 3.24. The van der Waals surface area contributed by atoms with Gasteiger partial charge in [0.1, 0.15) is 17.2 Å². The number of nitrogens with two attached hydrogens (primary N) is 1. The van der Waals surface area contributed by atoms with Crippen LogP contribution in [0.3, 0.4) is 0 Å². The van der Waals surface area contributed by atoms with Crippen LogP contribution in [-0.4, -0.2) is 61.2 Å². The maximum Gasteiger partial charge on any atom is 0.436 e. The SMILES string of the molecule is CCOC(=O)C(OC)Oc1ccc(C(=O)C(C)NC(=O)c2ccc(/C(N)=N\C(=O)OC(C)(C)C)cc2)cc1. The first-order valence-corrected chi connectivity index (χ1v) is 11.8. The second kappa shape index (κ2) is 13.3. The van der Waals surface area contributed by atoms with Crippen molar-refractivity contribution in [2.75, 3.05) is 13.7 Å². The minimum Gasteiger partial charge on any atom is -0.461 e. The second-order valence-corrected chi connectivity index (χ2v) is 9.08. The Morgan fingerprint density at radius 3 is 2.03 bits per heavy atom. The molecular formula is C27H33N3O8. The van der Waals surface area contributed by atoms with E-state index in [1.165, 1.54) is 55.6 Å². The zero-order valence-electron chi connectivity index (χ0n) is 22.3. The van der Waals surface area contributed by atoms with Gasteiger partial charge in [0.2, 0.25) is 0 Å². The fourth-order valence-electron chi connectivity index (χ4n) is 3.06. The molecule has 2 amide bonds. The minimum atomic E-state index is -1.24. The summed E-state index contributed by atoms with van der Waals surface area (Å²) >= 11 is 0. The van der Waals surface area contributed by atoms with Crippen molar-refractivity contribution < 1.29 is 38.1 Å². The fourth-order valence-corrected chi connectivity index (χ4v) is 3.06. The molecule has 0 aromatic heterocycles. The van der Waals surface area contributed by atoms with Crippen molar-refractivity contribution in [1.82, 2.24) is 5.32 Å². The number of carbonyl (C=O) groups is 4. The Labute approximate surface area is 221 Å². The number of methoxy groups -OCH3 is 1. The van der Waals surface area contributed by atoms with Crippen LogP contribution in [0.5, 0.6) is 5.75 Å². The Hall–Kier alpha value is -4.25. The molecule has 2 atom stereocenters.